The van der Waals surface area contributed by atoms with E-state index >= 15 is 0 Å². The molecule has 0 unspecified atom stereocenters. The van der Waals surface area contributed by atoms with Gasteiger partial charge in [-0.3, -0.25) is 0 Å². The van der Waals surface area contributed by atoms with Crippen LogP contribution in [0.2, 0.25) is 0 Å². The summed E-state index contributed by atoms with van der Waals surface area (Å²) < 4.78 is 12.9. The summed E-state index contributed by atoms with van der Waals surface area (Å²) >= 11 is 0. The van der Waals surface area contributed by atoms with Gasteiger partial charge < -0.3 is 10.4 Å². The molecule has 0 amide bonds. The van der Waals surface area contributed by atoms with Crippen LogP contribution in [0.4, 0.5) is 10.2 Å². The number of aliphatic hydroxyl groups is 1. The number of hydrogen-bond acceptors (Lipinski definition) is 3. The van der Waals surface area contributed by atoms with Crippen molar-refractivity contribution in [2.75, 3.05) is 11.9 Å². The van der Waals surface area contributed by atoms with Gasteiger partial charge in [0.1, 0.15) is 5.82 Å². The molecule has 2 rings (SSSR count). The number of aromatic nitrogens is 1. The van der Waals surface area contributed by atoms with Crippen molar-refractivity contribution in [3.8, 4) is 0 Å². The highest BCUT2D eigenvalue weighted by Gasteiger charge is 2.38. The largest absolute Gasteiger partial charge is 0.396 e. The summed E-state index contributed by atoms with van der Waals surface area (Å²) in [5.74, 6) is 0.0697. The highest BCUT2D eigenvalue weighted by Crippen LogP contribution is 2.38. The van der Waals surface area contributed by atoms with Crippen molar-refractivity contribution in [2.24, 2.45) is 5.41 Å². The van der Waals surface area contributed by atoms with Gasteiger partial charge in [-0.15, -0.1) is 0 Å². The van der Waals surface area contributed by atoms with E-state index in [0.717, 1.165) is 19.3 Å². The first-order valence-electron chi connectivity index (χ1n) is 5.64. The fourth-order valence-corrected chi connectivity index (χ4v) is 2.34. The lowest BCUT2D eigenvalue weighted by molar-refractivity contribution is 0.139. The second kappa shape index (κ2) is 4.37. The smallest absolute Gasteiger partial charge is 0.214 e. The van der Waals surface area contributed by atoms with Gasteiger partial charge in [0.05, 0.1) is 6.61 Å². The summed E-state index contributed by atoms with van der Waals surface area (Å²) in [6.07, 6.45) is 3.08. The first kappa shape index (κ1) is 11.3. The molecular formula is C12H17FN2O. The van der Waals surface area contributed by atoms with Crippen LogP contribution in [0.5, 0.6) is 0 Å². The summed E-state index contributed by atoms with van der Waals surface area (Å²) in [4.78, 5) is 3.78. The molecule has 1 aromatic heterocycles. The highest BCUT2D eigenvalue weighted by molar-refractivity contribution is 5.36. The van der Waals surface area contributed by atoms with Crippen LogP contribution < -0.4 is 5.32 Å². The van der Waals surface area contributed by atoms with E-state index in [9.17, 15) is 9.50 Å². The third-order valence-electron chi connectivity index (χ3n) is 3.48. The molecule has 1 aliphatic rings. The molecule has 0 saturated heterocycles. The quantitative estimate of drug-likeness (QED) is 0.773. The van der Waals surface area contributed by atoms with E-state index in [2.05, 4.69) is 17.2 Å². The minimum atomic E-state index is -0.478. The van der Waals surface area contributed by atoms with Gasteiger partial charge in [-0.05, 0) is 25.0 Å². The Bertz CT molecular complexity index is 372. The molecular weight excluding hydrogens is 207 g/mol. The molecule has 0 aliphatic heterocycles. The highest BCUT2D eigenvalue weighted by atomic mass is 19.1. The first-order chi connectivity index (χ1) is 7.64. The third-order valence-corrected chi connectivity index (χ3v) is 3.48. The summed E-state index contributed by atoms with van der Waals surface area (Å²) in [6.45, 7) is 2.21. The van der Waals surface area contributed by atoms with Crippen molar-refractivity contribution in [1.29, 1.82) is 0 Å². The van der Waals surface area contributed by atoms with Crippen molar-refractivity contribution in [3.63, 3.8) is 0 Å². The average molecular weight is 224 g/mol. The van der Waals surface area contributed by atoms with Crippen LogP contribution in [0, 0.1) is 11.4 Å². The van der Waals surface area contributed by atoms with Crippen LogP contribution in [0.25, 0.3) is 0 Å². The van der Waals surface area contributed by atoms with Crippen LogP contribution in [0.15, 0.2) is 18.2 Å². The Kier molecular flexibility index (Phi) is 3.10. The topological polar surface area (TPSA) is 45.1 Å². The number of nitrogens with zero attached hydrogens (tertiary/aromatic N) is 1. The maximum Gasteiger partial charge on any atom is 0.214 e. The minimum Gasteiger partial charge on any atom is -0.396 e. The molecule has 0 radical (unpaired) electrons. The molecule has 0 spiro atoms. The van der Waals surface area contributed by atoms with E-state index < -0.39 is 5.95 Å². The van der Waals surface area contributed by atoms with E-state index in [1.54, 1.807) is 12.1 Å². The van der Waals surface area contributed by atoms with Crippen molar-refractivity contribution in [3.05, 3.63) is 24.1 Å². The molecule has 1 aliphatic carbocycles. The predicted octanol–water partition coefficient (Wildman–Crippen LogP) is 2.18. The van der Waals surface area contributed by atoms with Crippen molar-refractivity contribution < 1.29 is 9.50 Å². The summed E-state index contributed by atoms with van der Waals surface area (Å²) in [6, 6.07) is 4.88. The summed E-state index contributed by atoms with van der Waals surface area (Å²) in [5, 5.41) is 12.6. The SMILES string of the molecule is C[C@]1(CO)CCC[C@H]1Nc1cccc(F)n1. The van der Waals surface area contributed by atoms with Gasteiger partial charge in [-0.1, -0.05) is 19.4 Å². The summed E-state index contributed by atoms with van der Waals surface area (Å²) in [5.41, 5.74) is -0.117. The van der Waals surface area contributed by atoms with Gasteiger partial charge in [0, 0.05) is 11.5 Å². The van der Waals surface area contributed by atoms with E-state index in [1.165, 1.54) is 6.07 Å². The predicted molar refractivity (Wildman–Crippen MR) is 60.6 cm³/mol. The van der Waals surface area contributed by atoms with Crippen molar-refractivity contribution in [2.45, 2.75) is 32.2 Å². The molecule has 3 nitrogen and oxygen atoms in total. The number of halogens is 1. The number of hydrogen-bond donors (Lipinski definition) is 2. The van der Waals surface area contributed by atoms with Crippen molar-refractivity contribution in [1.82, 2.24) is 4.98 Å². The van der Waals surface area contributed by atoms with Crippen LogP contribution in [0.3, 0.4) is 0 Å². The normalized spacial score (nSPS) is 29.3. The molecule has 88 valence electrons. The Balaban J connectivity index is 2.10. The molecule has 1 aromatic rings. The number of nitrogens with one attached hydrogen (secondary N) is 1. The number of aliphatic hydroxyl groups excluding tert-OH is 1. The zero-order chi connectivity index (χ0) is 11.6. The zero-order valence-corrected chi connectivity index (χ0v) is 9.41. The van der Waals surface area contributed by atoms with Gasteiger partial charge in [-0.2, -0.15) is 4.39 Å². The lowest BCUT2D eigenvalue weighted by Gasteiger charge is -2.30. The maximum atomic E-state index is 12.9. The average Bonchev–Trinajstić information content (AvgIpc) is 2.61. The molecule has 1 saturated carbocycles. The molecule has 2 N–H and O–H groups in total. The molecule has 1 fully saturated rings. The monoisotopic (exact) mass is 224 g/mol. The molecule has 0 bridgehead atoms. The Morgan fingerprint density at radius 3 is 3.12 bits per heavy atom. The molecule has 4 heteroatoms. The lowest BCUT2D eigenvalue weighted by atomic mass is 9.86. The van der Waals surface area contributed by atoms with Crippen molar-refractivity contribution >= 4 is 5.82 Å². The standard InChI is InChI=1S/C12H17FN2O/c1-12(8-16)7-3-4-9(12)14-11-6-2-5-10(13)15-11/h2,5-6,9,16H,3-4,7-8H2,1H3,(H,14,15)/t9-,12-/m1/s1. The Hall–Kier alpha value is -1.16. The third kappa shape index (κ3) is 2.16. The fraction of sp³-hybridized carbons (Fsp3) is 0.583. The van der Waals surface area contributed by atoms with E-state index in [1.807, 2.05) is 0 Å². The molecule has 0 aromatic carbocycles. The van der Waals surface area contributed by atoms with Gasteiger partial charge in [0.25, 0.3) is 0 Å². The Labute approximate surface area is 94.7 Å². The fourth-order valence-electron chi connectivity index (χ4n) is 2.34. The van der Waals surface area contributed by atoms with E-state index in [-0.39, 0.29) is 18.1 Å². The second-order valence-electron chi connectivity index (χ2n) is 4.75. The minimum absolute atomic E-state index is 0.117. The number of pyridine rings is 1. The number of anilines is 1. The van der Waals surface area contributed by atoms with Gasteiger partial charge in [0.15, 0.2) is 0 Å². The Morgan fingerprint density at radius 1 is 1.62 bits per heavy atom. The molecule has 2 atom stereocenters. The van der Waals surface area contributed by atoms with Gasteiger partial charge in [0.2, 0.25) is 5.95 Å². The number of rotatable bonds is 3. The lowest BCUT2D eigenvalue weighted by Crippen LogP contribution is -2.36. The zero-order valence-electron chi connectivity index (χ0n) is 9.41. The molecule has 1 heterocycles. The van der Waals surface area contributed by atoms with Gasteiger partial charge in [-0.25, -0.2) is 4.98 Å². The van der Waals surface area contributed by atoms with E-state index in [4.69, 9.17) is 0 Å². The second-order valence-corrected chi connectivity index (χ2v) is 4.75. The first-order valence-corrected chi connectivity index (χ1v) is 5.64. The van der Waals surface area contributed by atoms with Crippen LogP contribution in [-0.4, -0.2) is 22.7 Å². The summed E-state index contributed by atoms with van der Waals surface area (Å²) in [7, 11) is 0. The van der Waals surface area contributed by atoms with Gasteiger partial charge >= 0.3 is 0 Å². The maximum absolute atomic E-state index is 12.9. The molecule has 16 heavy (non-hydrogen) atoms. The van der Waals surface area contributed by atoms with Crippen LogP contribution in [-0.2, 0) is 0 Å². The van der Waals surface area contributed by atoms with Crippen LogP contribution in [0.1, 0.15) is 26.2 Å². The van der Waals surface area contributed by atoms with Crippen LogP contribution >= 0.6 is 0 Å². The Morgan fingerprint density at radius 2 is 2.44 bits per heavy atom. The van der Waals surface area contributed by atoms with E-state index in [0.29, 0.717) is 5.82 Å².